The first-order chi connectivity index (χ1) is 10.9. The van der Waals surface area contributed by atoms with E-state index in [9.17, 15) is 10.2 Å². The average Bonchev–Trinajstić information content (AvgIpc) is 2.70. The first-order valence-electron chi connectivity index (χ1n) is 8.91. The Labute approximate surface area is 139 Å². The third-order valence-electron chi connectivity index (χ3n) is 5.92. The summed E-state index contributed by atoms with van der Waals surface area (Å²) >= 11 is 0. The zero-order chi connectivity index (χ0) is 16.6. The van der Waals surface area contributed by atoms with Crippen LogP contribution in [0, 0.1) is 11.3 Å². The summed E-state index contributed by atoms with van der Waals surface area (Å²) in [5.41, 5.74) is 5.23. The van der Waals surface area contributed by atoms with Crippen LogP contribution in [-0.2, 0) is 0 Å². The van der Waals surface area contributed by atoms with Gasteiger partial charge in [0.1, 0.15) is 11.5 Å². The van der Waals surface area contributed by atoms with Crippen LogP contribution in [0.2, 0.25) is 0 Å². The van der Waals surface area contributed by atoms with Gasteiger partial charge in [-0.1, -0.05) is 32.4 Å². The molecular formula is C21H28O2. The molecule has 0 radical (unpaired) electrons. The van der Waals surface area contributed by atoms with Crippen LogP contribution in [0.1, 0.15) is 64.9 Å². The fraction of sp³-hybridized carbons (Fsp3) is 0.524. The van der Waals surface area contributed by atoms with Crippen LogP contribution < -0.4 is 0 Å². The molecule has 2 N–H and O–H groups in total. The molecule has 2 heteroatoms. The van der Waals surface area contributed by atoms with Crippen LogP contribution in [0.4, 0.5) is 0 Å². The number of phenolic OH excluding ortho intramolecular Hbond substituents is 2. The summed E-state index contributed by atoms with van der Waals surface area (Å²) in [6.45, 7) is 6.94. The summed E-state index contributed by atoms with van der Waals surface area (Å²) < 4.78 is 0. The second kappa shape index (κ2) is 6.07. The van der Waals surface area contributed by atoms with Crippen molar-refractivity contribution < 1.29 is 10.2 Å². The Morgan fingerprint density at radius 1 is 1.22 bits per heavy atom. The number of rotatable bonds is 2. The Kier molecular flexibility index (Phi) is 4.27. The number of phenols is 2. The van der Waals surface area contributed by atoms with E-state index >= 15 is 0 Å². The summed E-state index contributed by atoms with van der Waals surface area (Å²) in [5.74, 6) is 0.962. The lowest BCUT2D eigenvalue weighted by atomic mass is 9.67. The van der Waals surface area contributed by atoms with Gasteiger partial charge in [-0.2, -0.15) is 0 Å². The van der Waals surface area contributed by atoms with Crippen LogP contribution in [0.15, 0.2) is 35.4 Å². The van der Waals surface area contributed by atoms with E-state index in [1.165, 1.54) is 24.8 Å². The van der Waals surface area contributed by atoms with E-state index in [4.69, 9.17) is 0 Å². The Hall–Kier alpha value is -1.70. The number of hydrogen-bond donors (Lipinski definition) is 2. The van der Waals surface area contributed by atoms with Crippen molar-refractivity contribution in [2.24, 2.45) is 11.3 Å². The molecule has 2 nitrogen and oxygen atoms in total. The van der Waals surface area contributed by atoms with Gasteiger partial charge in [-0.05, 0) is 79.2 Å². The molecule has 3 rings (SSSR count). The zero-order valence-electron chi connectivity index (χ0n) is 14.5. The molecular weight excluding hydrogens is 284 g/mol. The van der Waals surface area contributed by atoms with Crippen molar-refractivity contribution in [3.05, 3.63) is 41.0 Å². The molecule has 124 valence electrons. The second-order valence-corrected chi connectivity index (χ2v) is 7.52. The monoisotopic (exact) mass is 312 g/mol. The van der Waals surface area contributed by atoms with E-state index in [0.29, 0.717) is 5.92 Å². The van der Waals surface area contributed by atoms with Crippen molar-refractivity contribution >= 4 is 5.57 Å². The molecule has 0 saturated carbocycles. The van der Waals surface area contributed by atoms with Gasteiger partial charge < -0.3 is 10.2 Å². The maximum absolute atomic E-state index is 10.4. The Morgan fingerprint density at radius 2 is 2.00 bits per heavy atom. The molecule has 2 aliphatic carbocycles. The van der Waals surface area contributed by atoms with Gasteiger partial charge >= 0.3 is 0 Å². The lowest BCUT2D eigenvalue weighted by molar-refractivity contribution is 0.308. The molecule has 0 heterocycles. The second-order valence-electron chi connectivity index (χ2n) is 7.52. The van der Waals surface area contributed by atoms with E-state index in [1.807, 2.05) is 0 Å². The zero-order valence-corrected chi connectivity index (χ0v) is 14.5. The molecule has 0 spiro atoms. The van der Waals surface area contributed by atoms with E-state index in [0.717, 1.165) is 30.4 Å². The van der Waals surface area contributed by atoms with Gasteiger partial charge in [0, 0.05) is 5.56 Å². The minimum atomic E-state index is 0.215. The highest BCUT2D eigenvalue weighted by Gasteiger charge is 2.35. The van der Waals surface area contributed by atoms with Gasteiger partial charge in [0.25, 0.3) is 0 Å². The summed E-state index contributed by atoms with van der Waals surface area (Å²) in [4.78, 5) is 0. The van der Waals surface area contributed by atoms with Crippen LogP contribution in [0.25, 0.3) is 5.57 Å². The van der Waals surface area contributed by atoms with Crippen molar-refractivity contribution in [1.82, 2.24) is 0 Å². The average molecular weight is 312 g/mol. The Morgan fingerprint density at radius 3 is 2.74 bits per heavy atom. The Bertz CT molecular complexity index is 668. The van der Waals surface area contributed by atoms with Gasteiger partial charge in [0.2, 0.25) is 0 Å². The number of allylic oxidation sites excluding steroid dienone is 4. The highest BCUT2D eigenvalue weighted by molar-refractivity contribution is 5.84. The quantitative estimate of drug-likeness (QED) is 0.677. The lowest BCUT2D eigenvalue weighted by Gasteiger charge is -2.38. The normalized spacial score (nSPS) is 28.1. The highest BCUT2D eigenvalue weighted by Crippen LogP contribution is 2.51. The Balaban J connectivity index is 2.19. The molecule has 0 saturated heterocycles. The van der Waals surface area contributed by atoms with Crippen molar-refractivity contribution in [3.8, 4) is 11.5 Å². The maximum atomic E-state index is 10.4. The first kappa shape index (κ1) is 16.2. The molecule has 23 heavy (non-hydrogen) atoms. The van der Waals surface area contributed by atoms with Gasteiger partial charge in [0.05, 0.1) is 0 Å². The molecule has 2 aliphatic rings. The van der Waals surface area contributed by atoms with Crippen molar-refractivity contribution in [1.29, 1.82) is 0 Å². The third kappa shape index (κ3) is 2.91. The van der Waals surface area contributed by atoms with Gasteiger partial charge in [-0.25, -0.2) is 0 Å². The minimum absolute atomic E-state index is 0.215. The van der Waals surface area contributed by atoms with Crippen molar-refractivity contribution in [2.75, 3.05) is 0 Å². The minimum Gasteiger partial charge on any atom is -0.508 e. The van der Waals surface area contributed by atoms with E-state index in [-0.39, 0.29) is 16.9 Å². The van der Waals surface area contributed by atoms with Crippen LogP contribution in [0.5, 0.6) is 11.5 Å². The van der Waals surface area contributed by atoms with Crippen LogP contribution >= 0.6 is 0 Å². The number of aromatic hydroxyl groups is 2. The SMILES string of the molecule is CCC1(C)CCCC2=C1CCC(C)C=C2c1cc(O)ccc1O. The molecule has 0 aliphatic heterocycles. The summed E-state index contributed by atoms with van der Waals surface area (Å²) in [6.07, 6.45) is 9.33. The van der Waals surface area contributed by atoms with E-state index < -0.39 is 0 Å². The molecule has 0 bridgehead atoms. The molecule has 1 aromatic carbocycles. The topological polar surface area (TPSA) is 40.5 Å². The van der Waals surface area contributed by atoms with Gasteiger partial charge in [0.15, 0.2) is 0 Å². The highest BCUT2D eigenvalue weighted by atomic mass is 16.3. The molecule has 2 atom stereocenters. The smallest absolute Gasteiger partial charge is 0.123 e. The predicted molar refractivity (Wildman–Crippen MR) is 95.4 cm³/mol. The van der Waals surface area contributed by atoms with Gasteiger partial charge in [-0.15, -0.1) is 0 Å². The molecule has 2 unspecified atom stereocenters. The van der Waals surface area contributed by atoms with Crippen molar-refractivity contribution in [3.63, 3.8) is 0 Å². The number of hydrogen-bond acceptors (Lipinski definition) is 2. The third-order valence-corrected chi connectivity index (χ3v) is 5.92. The summed E-state index contributed by atoms with van der Waals surface area (Å²) in [7, 11) is 0. The van der Waals surface area contributed by atoms with Gasteiger partial charge in [-0.3, -0.25) is 0 Å². The molecule has 1 aromatic rings. The molecule has 0 aromatic heterocycles. The fourth-order valence-corrected chi connectivity index (χ4v) is 4.29. The fourth-order valence-electron chi connectivity index (χ4n) is 4.29. The molecule has 0 amide bonds. The summed E-state index contributed by atoms with van der Waals surface area (Å²) in [5, 5.41) is 20.3. The number of benzene rings is 1. The standard InChI is InChI=1S/C21H28O2/c1-4-21(3)11-5-6-16-17(12-14(2)7-9-19(16)21)18-13-15(22)8-10-20(18)23/h8,10,12-14,22-23H,4-7,9,11H2,1-3H3. The molecule has 0 fully saturated rings. The summed E-state index contributed by atoms with van der Waals surface area (Å²) in [6, 6.07) is 4.86. The first-order valence-corrected chi connectivity index (χ1v) is 8.91. The van der Waals surface area contributed by atoms with Crippen LogP contribution in [0.3, 0.4) is 0 Å². The lowest BCUT2D eigenvalue weighted by Crippen LogP contribution is -2.24. The van der Waals surface area contributed by atoms with Crippen LogP contribution in [-0.4, -0.2) is 10.2 Å². The predicted octanol–water partition coefficient (Wildman–Crippen LogP) is 5.81. The maximum Gasteiger partial charge on any atom is 0.123 e. The largest absolute Gasteiger partial charge is 0.508 e. The van der Waals surface area contributed by atoms with E-state index in [2.05, 4.69) is 26.8 Å². The van der Waals surface area contributed by atoms with E-state index in [1.54, 1.807) is 23.8 Å². The van der Waals surface area contributed by atoms with Crippen molar-refractivity contribution in [2.45, 2.75) is 59.3 Å².